The third kappa shape index (κ3) is 4.66. The molecule has 1 atom stereocenters. The standard InChI is InChI=1S/C15H18F3NO4/c1-11(20)22-7-5-19-6-8-23-14(21,10-19)12-3-2-4-13(9-12)15(16,17)18/h2-4,9,21H,5-8,10H2,1H3/t14-/m0/s1. The van der Waals surface area contributed by atoms with E-state index >= 15 is 0 Å². The molecular formula is C15H18F3NO4. The Bertz CT molecular complexity index is 564. The van der Waals surface area contributed by atoms with Crippen LogP contribution in [0.25, 0.3) is 0 Å². The second-order valence-electron chi connectivity index (χ2n) is 5.33. The van der Waals surface area contributed by atoms with Gasteiger partial charge in [-0.15, -0.1) is 0 Å². The van der Waals surface area contributed by atoms with Crippen molar-refractivity contribution in [2.24, 2.45) is 0 Å². The van der Waals surface area contributed by atoms with Crippen molar-refractivity contribution in [2.75, 3.05) is 32.8 Å². The summed E-state index contributed by atoms with van der Waals surface area (Å²) in [5.74, 6) is -2.23. The highest BCUT2D eigenvalue weighted by Crippen LogP contribution is 2.33. The van der Waals surface area contributed by atoms with Gasteiger partial charge in [-0.25, -0.2) is 0 Å². The summed E-state index contributed by atoms with van der Waals surface area (Å²) in [6.45, 7) is 2.45. The fourth-order valence-electron chi connectivity index (χ4n) is 2.39. The van der Waals surface area contributed by atoms with Gasteiger partial charge in [-0.1, -0.05) is 12.1 Å². The first-order valence-corrected chi connectivity index (χ1v) is 7.10. The van der Waals surface area contributed by atoms with Crippen molar-refractivity contribution in [1.29, 1.82) is 0 Å². The van der Waals surface area contributed by atoms with Gasteiger partial charge in [-0.3, -0.25) is 9.69 Å². The van der Waals surface area contributed by atoms with Gasteiger partial charge in [0.1, 0.15) is 6.61 Å². The van der Waals surface area contributed by atoms with E-state index in [0.717, 1.165) is 12.1 Å². The summed E-state index contributed by atoms with van der Waals surface area (Å²) < 4.78 is 48.5. The zero-order chi connectivity index (χ0) is 17.1. The monoisotopic (exact) mass is 333 g/mol. The van der Waals surface area contributed by atoms with Gasteiger partial charge < -0.3 is 14.6 Å². The predicted molar refractivity (Wildman–Crippen MR) is 74.4 cm³/mol. The van der Waals surface area contributed by atoms with Crippen LogP contribution in [0.3, 0.4) is 0 Å². The van der Waals surface area contributed by atoms with Crippen LogP contribution in [-0.4, -0.2) is 48.8 Å². The summed E-state index contributed by atoms with van der Waals surface area (Å²) in [5, 5.41) is 10.6. The smallest absolute Gasteiger partial charge is 0.416 e. The Morgan fingerprint density at radius 3 is 2.87 bits per heavy atom. The van der Waals surface area contributed by atoms with Crippen molar-refractivity contribution < 1.29 is 32.5 Å². The quantitative estimate of drug-likeness (QED) is 0.851. The van der Waals surface area contributed by atoms with E-state index in [1.54, 1.807) is 4.90 Å². The molecule has 23 heavy (non-hydrogen) atoms. The van der Waals surface area contributed by atoms with E-state index in [2.05, 4.69) is 0 Å². The molecule has 1 N–H and O–H groups in total. The SMILES string of the molecule is CC(=O)OCCN1CCO[C@](O)(c2cccc(C(F)(F)F)c2)C1. The number of alkyl halides is 3. The zero-order valence-electron chi connectivity index (χ0n) is 12.6. The number of halogens is 3. The Hall–Kier alpha value is -1.64. The van der Waals surface area contributed by atoms with E-state index in [-0.39, 0.29) is 25.3 Å². The summed E-state index contributed by atoms with van der Waals surface area (Å²) >= 11 is 0. The summed E-state index contributed by atoms with van der Waals surface area (Å²) in [4.78, 5) is 12.5. The highest BCUT2D eigenvalue weighted by Gasteiger charge is 2.38. The first-order valence-electron chi connectivity index (χ1n) is 7.10. The van der Waals surface area contributed by atoms with Gasteiger partial charge in [0.2, 0.25) is 5.79 Å². The molecule has 1 heterocycles. The lowest BCUT2D eigenvalue weighted by Crippen LogP contribution is -2.50. The average molecular weight is 333 g/mol. The molecule has 0 radical (unpaired) electrons. The second-order valence-corrected chi connectivity index (χ2v) is 5.33. The highest BCUT2D eigenvalue weighted by atomic mass is 19.4. The molecule has 0 spiro atoms. The molecule has 0 unspecified atom stereocenters. The normalized spacial score (nSPS) is 22.8. The molecule has 1 aromatic carbocycles. The molecule has 1 saturated heterocycles. The minimum Gasteiger partial charge on any atom is -0.465 e. The van der Waals surface area contributed by atoms with Crippen LogP contribution in [0.4, 0.5) is 13.2 Å². The minimum absolute atomic E-state index is 0.00439. The fourth-order valence-corrected chi connectivity index (χ4v) is 2.39. The number of hydrogen-bond donors (Lipinski definition) is 1. The van der Waals surface area contributed by atoms with Crippen LogP contribution in [0.1, 0.15) is 18.1 Å². The maximum absolute atomic E-state index is 12.8. The highest BCUT2D eigenvalue weighted by molar-refractivity contribution is 5.65. The van der Waals surface area contributed by atoms with Crippen LogP contribution in [-0.2, 0) is 26.2 Å². The maximum atomic E-state index is 12.8. The van der Waals surface area contributed by atoms with E-state index in [1.165, 1.54) is 19.1 Å². The summed E-state index contributed by atoms with van der Waals surface area (Å²) in [6, 6.07) is 4.45. The van der Waals surface area contributed by atoms with Crippen molar-refractivity contribution >= 4 is 5.97 Å². The molecule has 1 aromatic rings. The molecule has 2 rings (SSSR count). The van der Waals surface area contributed by atoms with Crippen LogP contribution in [0.5, 0.6) is 0 Å². The minimum atomic E-state index is -4.49. The van der Waals surface area contributed by atoms with Crippen molar-refractivity contribution in [3.8, 4) is 0 Å². The summed E-state index contributed by atoms with van der Waals surface area (Å²) in [7, 11) is 0. The molecule has 0 aliphatic carbocycles. The lowest BCUT2D eigenvalue weighted by Gasteiger charge is -2.39. The molecule has 5 nitrogen and oxygen atoms in total. The number of morpholine rings is 1. The molecule has 0 saturated carbocycles. The molecule has 0 bridgehead atoms. The second kappa shape index (κ2) is 6.86. The number of carbonyl (C=O) groups excluding carboxylic acids is 1. The molecule has 1 aliphatic rings. The maximum Gasteiger partial charge on any atom is 0.416 e. The number of rotatable bonds is 4. The molecule has 0 aromatic heterocycles. The van der Waals surface area contributed by atoms with Gasteiger partial charge in [0, 0.05) is 25.6 Å². The number of ether oxygens (including phenoxy) is 2. The van der Waals surface area contributed by atoms with E-state index in [9.17, 15) is 23.1 Å². The molecule has 128 valence electrons. The number of esters is 1. The number of β-amino-alcohol motifs (C(OH)–C–C–N with tert-alkyl or cyclic N) is 1. The number of benzene rings is 1. The topological polar surface area (TPSA) is 59.0 Å². The van der Waals surface area contributed by atoms with Crippen LogP contribution in [0, 0.1) is 0 Å². The first-order chi connectivity index (χ1) is 10.7. The van der Waals surface area contributed by atoms with E-state index in [1.807, 2.05) is 0 Å². The van der Waals surface area contributed by atoms with Gasteiger partial charge >= 0.3 is 12.1 Å². The third-order valence-corrected chi connectivity index (χ3v) is 3.54. The van der Waals surface area contributed by atoms with Gasteiger partial charge in [0.25, 0.3) is 0 Å². The van der Waals surface area contributed by atoms with Gasteiger partial charge in [0.15, 0.2) is 0 Å². The average Bonchev–Trinajstić information content (AvgIpc) is 2.46. The van der Waals surface area contributed by atoms with E-state index < -0.39 is 23.5 Å². The zero-order valence-corrected chi connectivity index (χ0v) is 12.6. The summed E-state index contributed by atoms with van der Waals surface area (Å²) in [5.41, 5.74) is -0.798. The number of carbonyl (C=O) groups is 1. The van der Waals surface area contributed by atoms with E-state index in [0.29, 0.717) is 13.1 Å². The van der Waals surface area contributed by atoms with Crippen molar-refractivity contribution in [3.63, 3.8) is 0 Å². The van der Waals surface area contributed by atoms with Crippen molar-refractivity contribution in [1.82, 2.24) is 4.90 Å². The molecule has 8 heteroatoms. The van der Waals surface area contributed by atoms with Crippen LogP contribution >= 0.6 is 0 Å². The Kier molecular flexibility index (Phi) is 5.28. The number of aliphatic hydroxyl groups is 1. The van der Waals surface area contributed by atoms with Crippen molar-refractivity contribution in [2.45, 2.75) is 18.9 Å². The van der Waals surface area contributed by atoms with Crippen LogP contribution in [0.2, 0.25) is 0 Å². The molecule has 0 amide bonds. The van der Waals surface area contributed by atoms with Crippen LogP contribution < -0.4 is 0 Å². The number of hydrogen-bond acceptors (Lipinski definition) is 5. The summed E-state index contributed by atoms with van der Waals surface area (Å²) in [6.07, 6.45) is -4.49. The first kappa shape index (κ1) is 17.7. The Labute approximate surface area is 131 Å². The molecule has 1 fully saturated rings. The number of nitrogens with zero attached hydrogens (tertiary/aromatic N) is 1. The largest absolute Gasteiger partial charge is 0.465 e. The molecule has 1 aliphatic heterocycles. The third-order valence-electron chi connectivity index (χ3n) is 3.54. The van der Waals surface area contributed by atoms with Gasteiger partial charge in [-0.05, 0) is 12.1 Å². The lowest BCUT2D eigenvalue weighted by atomic mass is 10.0. The fraction of sp³-hybridized carbons (Fsp3) is 0.533. The van der Waals surface area contributed by atoms with Crippen LogP contribution in [0.15, 0.2) is 24.3 Å². The Morgan fingerprint density at radius 1 is 1.48 bits per heavy atom. The lowest BCUT2D eigenvalue weighted by molar-refractivity contribution is -0.248. The van der Waals surface area contributed by atoms with E-state index in [4.69, 9.17) is 9.47 Å². The van der Waals surface area contributed by atoms with Crippen molar-refractivity contribution in [3.05, 3.63) is 35.4 Å². The Morgan fingerprint density at radius 2 is 2.22 bits per heavy atom. The predicted octanol–water partition coefficient (Wildman–Crippen LogP) is 1.75. The molecular weight excluding hydrogens is 315 g/mol. The Balaban J connectivity index is 2.10. The van der Waals surface area contributed by atoms with Gasteiger partial charge in [-0.2, -0.15) is 13.2 Å². The van der Waals surface area contributed by atoms with Gasteiger partial charge in [0.05, 0.1) is 18.7 Å².